The lowest BCUT2D eigenvalue weighted by molar-refractivity contribution is 0.602. The van der Waals surface area contributed by atoms with Gasteiger partial charge in [-0.3, -0.25) is 0 Å². The molecule has 1 atom stereocenters. The Balaban J connectivity index is 1.75. The zero-order valence-corrected chi connectivity index (χ0v) is 13.9. The lowest BCUT2D eigenvalue weighted by Gasteiger charge is -2.13. The lowest BCUT2D eigenvalue weighted by atomic mass is 10.2. The van der Waals surface area contributed by atoms with E-state index in [1.165, 1.54) is 17.5 Å². The molecule has 8 nitrogen and oxygen atoms in total. The van der Waals surface area contributed by atoms with Gasteiger partial charge in [0.25, 0.3) is 0 Å². The van der Waals surface area contributed by atoms with Crippen LogP contribution in [0.2, 0.25) is 0 Å². The first-order valence-electron chi connectivity index (χ1n) is 6.89. The average molecular weight is 350 g/mol. The highest BCUT2D eigenvalue weighted by molar-refractivity contribution is 7.91. The molecular formula is C13H14N6O2S2. The van der Waals surface area contributed by atoms with Gasteiger partial charge in [-0.15, -0.1) is 0 Å². The summed E-state index contributed by atoms with van der Waals surface area (Å²) in [6.45, 7) is 1.75. The van der Waals surface area contributed by atoms with Crippen molar-refractivity contribution in [3.05, 3.63) is 23.0 Å². The maximum Gasteiger partial charge on any atom is 0.189 e. The molecule has 0 bridgehead atoms. The molecule has 0 aliphatic carbocycles. The highest BCUT2D eigenvalue weighted by Gasteiger charge is 2.28. The van der Waals surface area contributed by atoms with Crippen molar-refractivity contribution in [2.75, 3.05) is 22.1 Å². The number of aryl methyl sites for hydroxylation is 1. The first kappa shape index (κ1) is 15.6. The van der Waals surface area contributed by atoms with E-state index in [2.05, 4.69) is 25.6 Å². The Kier molecular flexibility index (Phi) is 4.14. The van der Waals surface area contributed by atoms with E-state index in [9.17, 15) is 8.42 Å². The Morgan fingerprint density at radius 2 is 2.17 bits per heavy atom. The molecule has 0 saturated carbocycles. The van der Waals surface area contributed by atoms with Gasteiger partial charge < -0.3 is 10.6 Å². The van der Waals surface area contributed by atoms with E-state index in [1.54, 1.807) is 13.0 Å². The quantitative estimate of drug-likeness (QED) is 0.850. The van der Waals surface area contributed by atoms with Crippen LogP contribution < -0.4 is 10.6 Å². The molecule has 1 aliphatic heterocycles. The van der Waals surface area contributed by atoms with Crippen LogP contribution in [-0.2, 0) is 9.84 Å². The Morgan fingerprint density at radius 1 is 1.39 bits per heavy atom. The van der Waals surface area contributed by atoms with E-state index in [-0.39, 0.29) is 17.5 Å². The maximum atomic E-state index is 11.5. The van der Waals surface area contributed by atoms with Crippen LogP contribution in [0, 0.1) is 18.3 Å². The molecule has 2 aromatic heterocycles. The van der Waals surface area contributed by atoms with Gasteiger partial charge in [0.2, 0.25) is 0 Å². The number of rotatable bonds is 4. The Hall–Kier alpha value is -2.25. The van der Waals surface area contributed by atoms with Crippen LogP contribution >= 0.6 is 11.3 Å². The second-order valence-corrected chi connectivity index (χ2v) is 8.46. The molecule has 1 fully saturated rings. The molecule has 120 valence electrons. The van der Waals surface area contributed by atoms with Gasteiger partial charge in [-0.2, -0.15) is 5.26 Å². The molecular weight excluding hydrogens is 336 g/mol. The molecule has 3 rings (SSSR count). The summed E-state index contributed by atoms with van der Waals surface area (Å²) < 4.78 is 23.0. The predicted octanol–water partition coefficient (Wildman–Crippen LogP) is 1.46. The van der Waals surface area contributed by atoms with Gasteiger partial charge in [0, 0.05) is 12.1 Å². The van der Waals surface area contributed by atoms with Gasteiger partial charge in [0.1, 0.15) is 28.4 Å². The molecule has 2 aromatic rings. The average Bonchev–Trinajstić information content (AvgIpc) is 3.04. The highest BCUT2D eigenvalue weighted by Crippen LogP contribution is 2.23. The minimum absolute atomic E-state index is 0.122. The number of nitrogens with zero attached hydrogens (tertiary/aromatic N) is 4. The Bertz CT molecular complexity index is 871. The normalized spacial score (nSPS) is 19.2. The van der Waals surface area contributed by atoms with Crippen molar-refractivity contribution in [2.45, 2.75) is 19.4 Å². The third-order valence-corrected chi connectivity index (χ3v) is 5.86. The van der Waals surface area contributed by atoms with Crippen LogP contribution in [0.5, 0.6) is 0 Å². The van der Waals surface area contributed by atoms with Gasteiger partial charge in [-0.1, -0.05) is 11.3 Å². The zero-order valence-electron chi connectivity index (χ0n) is 12.3. The van der Waals surface area contributed by atoms with Crippen molar-refractivity contribution >= 4 is 37.9 Å². The van der Waals surface area contributed by atoms with Crippen molar-refractivity contribution < 1.29 is 8.42 Å². The molecule has 0 radical (unpaired) electrons. The number of nitrogens with one attached hydrogen (secondary N) is 2. The summed E-state index contributed by atoms with van der Waals surface area (Å²) in [4.78, 5) is 13.1. The van der Waals surface area contributed by atoms with Crippen molar-refractivity contribution in [1.29, 1.82) is 5.26 Å². The van der Waals surface area contributed by atoms with Crippen molar-refractivity contribution in [3.63, 3.8) is 0 Å². The van der Waals surface area contributed by atoms with Crippen LogP contribution in [0.4, 0.5) is 16.8 Å². The molecule has 1 aliphatic rings. The van der Waals surface area contributed by atoms with E-state index in [1.807, 2.05) is 6.07 Å². The molecule has 1 saturated heterocycles. The maximum absolute atomic E-state index is 11.5. The van der Waals surface area contributed by atoms with Gasteiger partial charge in [-0.05, 0) is 13.3 Å². The summed E-state index contributed by atoms with van der Waals surface area (Å²) in [5.41, 5.74) is 0. The first-order valence-corrected chi connectivity index (χ1v) is 9.53. The number of anilines is 3. The Morgan fingerprint density at radius 3 is 2.83 bits per heavy atom. The smallest absolute Gasteiger partial charge is 0.189 e. The molecule has 1 unspecified atom stereocenters. The lowest BCUT2D eigenvalue weighted by Crippen LogP contribution is -2.21. The predicted molar refractivity (Wildman–Crippen MR) is 87.6 cm³/mol. The third kappa shape index (κ3) is 3.94. The van der Waals surface area contributed by atoms with E-state index in [0.29, 0.717) is 33.9 Å². The summed E-state index contributed by atoms with van der Waals surface area (Å²) in [6.07, 6.45) is 2.07. The fourth-order valence-electron chi connectivity index (χ4n) is 2.32. The van der Waals surface area contributed by atoms with Gasteiger partial charge in [0.15, 0.2) is 15.0 Å². The fraction of sp³-hybridized carbons (Fsp3) is 0.385. The SMILES string of the molecule is Cc1nc(Nc2ncc(C#N)s2)cc(NC2CCS(=O)(=O)C2)n1. The summed E-state index contributed by atoms with van der Waals surface area (Å²) in [5.74, 6) is 1.99. The number of hydrogen-bond donors (Lipinski definition) is 2. The largest absolute Gasteiger partial charge is 0.366 e. The van der Waals surface area contributed by atoms with Crippen molar-refractivity contribution in [2.24, 2.45) is 0 Å². The van der Waals surface area contributed by atoms with Crippen LogP contribution in [0.1, 0.15) is 17.1 Å². The van der Waals surface area contributed by atoms with Gasteiger partial charge in [0.05, 0.1) is 17.7 Å². The van der Waals surface area contributed by atoms with Gasteiger partial charge in [-0.25, -0.2) is 23.4 Å². The molecule has 0 aromatic carbocycles. The number of aromatic nitrogens is 3. The second-order valence-electron chi connectivity index (χ2n) is 5.20. The molecule has 2 N–H and O–H groups in total. The summed E-state index contributed by atoms with van der Waals surface area (Å²) in [6, 6.07) is 3.59. The number of thiazole rings is 1. The Labute approximate surface area is 137 Å². The van der Waals surface area contributed by atoms with E-state index < -0.39 is 9.84 Å². The second kappa shape index (κ2) is 6.10. The molecule has 23 heavy (non-hydrogen) atoms. The van der Waals surface area contributed by atoms with E-state index >= 15 is 0 Å². The standard InChI is InChI=1S/C13H14N6O2S2/c1-8-16-11(18-9-2-3-23(20,21)7-9)4-12(17-8)19-13-15-6-10(5-14)22-13/h4,6,9H,2-3,7H2,1H3,(H2,15,16,17,18,19). The summed E-state index contributed by atoms with van der Waals surface area (Å²) in [5, 5.41) is 15.5. The van der Waals surface area contributed by atoms with Crippen LogP contribution in [-0.4, -0.2) is 40.9 Å². The molecule has 3 heterocycles. The highest BCUT2D eigenvalue weighted by atomic mass is 32.2. The van der Waals surface area contributed by atoms with Crippen molar-refractivity contribution in [3.8, 4) is 6.07 Å². The topological polar surface area (TPSA) is 121 Å². The van der Waals surface area contributed by atoms with Crippen LogP contribution in [0.15, 0.2) is 12.3 Å². The minimum Gasteiger partial charge on any atom is -0.366 e. The fourth-order valence-corrected chi connectivity index (χ4v) is 4.61. The minimum atomic E-state index is -2.95. The first-order chi connectivity index (χ1) is 10.9. The zero-order chi connectivity index (χ0) is 16.4. The molecule has 0 amide bonds. The number of hydrogen-bond acceptors (Lipinski definition) is 9. The third-order valence-electron chi connectivity index (χ3n) is 3.27. The number of nitriles is 1. The summed E-state index contributed by atoms with van der Waals surface area (Å²) >= 11 is 1.23. The van der Waals surface area contributed by atoms with Gasteiger partial charge >= 0.3 is 0 Å². The molecule has 0 spiro atoms. The van der Waals surface area contributed by atoms with Crippen molar-refractivity contribution in [1.82, 2.24) is 15.0 Å². The summed E-state index contributed by atoms with van der Waals surface area (Å²) in [7, 11) is -2.95. The monoisotopic (exact) mass is 350 g/mol. The van der Waals surface area contributed by atoms with Crippen LogP contribution in [0.25, 0.3) is 0 Å². The number of sulfone groups is 1. The van der Waals surface area contributed by atoms with E-state index in [4.69, 9.17) is 5.26 Å². The van der Waals surface area contributed by atoms with Crippen LogP contribution in [0.3, 0.4) is 0 Å². The van der Waals surface area contributed by atoms with E-state index in [0.717, 1.165) is 0 Å². The molecule has 10 heteroatoms.